The van der Waals surface area contributed by atoms with E-state index in [0.29, 0.717) is 0 Å². The molecule has 0 heterocycles. The molecule has 0 aliphatic rings. The van der Waals surface area contributed by atoms with Crippen molar-refractivity contribution >= 4 is 86.2 Å². The second-order valence-corrected chi connectivity index (χ2v) is 16.6. The quantitative estimate of drug-likeness (QED) is 0.158. The lowest BCUT2D eigenvalue weighted by Crippen LogP contribution is -1.92. The first-order chi connectivity index (χ1) is 26.0. The summed E-state index contributed by atoms with van der Waals surface area (Å²) in [5.74, 6) is 0. The molecule has 258 valence electrons. The topological polar surface area (TPSA) is 0 Å². The molecule has 0 aromatic heterocycles. The summed E-state index contributed by atoms with van der Waals surface area (Å²) in [5.41, 5.74) is 15.9. The molecule has 11 aromatic carbocycles. The summed E-state index contributed by atoms with van der Waals surface area (Å²) in [6, 6.07) is 43.3. The Morgan fingerprint density at radius 2 is 0.500 bits per heavy atom. The Labute approximate surface area is 316 Å². The molecule has 11 rings (SSSR count). The highest BCUT2D eigenvalue weighted by Gasteiger charge is 2.22. The van der Waals surface area contributed by atoms with Crippen LogP contribution in [0.2, 0.25) is 0 Å². The lowest BCUT2D eigenvalue weighted by atomic mass is 9.87. The number of fused-ring (bicyclic) bond motifs is 11. The van der Waals surface area contributed by atoms with Crippen LogP contribution in [-0.4, -0.2) is 0 Å². The van der Waals surface area contributed by atoms with Crippen LogP contribution in [0.25, 0.3) is 108 Å². The van der Waals surface area contributed by atoms with Gasteiger partial charge in [-0.15, -0.1) is 0 Å². The third-order valence-electron chi connectivity index (χ3n) is 12.7. The predicted octanol–water partition coefficient (Wildman–Crippen LogP) is 15.6. The second kappa shape index (κ2) is 10.8. The van der Waals surface area contributed by atoms with Crippen molar-refractivity contribution in [2.75, 3.05) is 0 Å². The van der Waals surface area contributed by atoms with Crippen LogP contribution in [0.3, 0.4) is 0 Å². The zero-order valence-corrected chi connectivity index (χ0v) is 32.4. The number of benzene rings is 9. The molecule has 0 nitrogen and oxygen atoms in total. The number of aryl methyl sites for hydroxylation is 8. The second-order valence-electron chi connectivity index (χ2n) is 16.6. The zero-order chi connectivity index (χ0) is 36.9. The standard InChI is InChI=1S/C54H42/c1-27-9-11-37-41(19-27)47-23-35(51-31(5)15-29(3)16-32(51)6)21-45-39-13-14-40-44(43(39)25-49(37)53(45)47)26-50-38-12-10-28(2)20-42(38)48-24-36(22-46(40)54(48)50)52-33(7)17-30(4)18-34(52)8/h9-26H,1-8H3. The van der Waals surface area contributed by atoms with Crippen molar-refractivity contribution in [3.05, 3.63) is 154 Å². The Kier molecular flexibility index (Phi) is 6.31. The van der Waals surface area contributed by atoms with E-state index in [0.717, 1.165) is 0 Å². The molecule has 0 bridgehead atoms. The van der Waals surface area contributed by atoms with E-state index in [4.69, 9.17) is 0 Å². The first kappa shape index (κ1) is 31.5. The monoisotopic (exact) mass is 690 g/mol. The van der Waals surface area contributed by atoms with Gasteiger partial charge in [-0.1, -0.05) is 95.1 Å². The number of hydrogen-bond donors (Lipinski definition) is 0. The van der Waals surface area contributed by atoms with E-state index >= 15 is 0 Å². The minimum atomic E-state index is 1.30. The van der Waals surface area contributed by atoms with Crippen LogP contribution in [0.4, 0.5) is 0 Å². The van der Waals surface area contributed by atoms with Crippen molar-refractivity contribution in [2.45, 2.75) is 55.4 Å². The van der Waals surface area contributed by atoms with Gasteiger partial charge in [0.15, 0.2) is 0 Å². The molecule has 0 fully saturated rings. The van der Waals surface area contributed by atoms with Crippen molar-refractivity contribution < 1.29 is 0 Å². The number of hydrogen-bond acceptors (Lipinski definition) is 0. The van der Waals surface area contributed by atoms with Gasteiger partial charge in [-0.25, -0.2) is 0 Å². The van der Waals surface area contributed by atoms with Gasteiger partial charge in [0.25, 0.3) is 0 Å². The molecule has 0 amide bonds. The van der Waals surface area contributed by atoms with Gasteiger partial charge in [0.1, 0.15) is 0 Å². The molecule has 0 aliphatic carbocycles. The van der Waals surface area contributed by atoms with Crippen LogP contribution in [0.1, 0.15) is 44.5 Å². The molecule has 0 N–H and O–H groups in total. The highest BCUT2D eigenvalue weighted by Crippen LogP contribution is 2.50. The van der Waals surface area contributed by atoms with Gasteiger partial charge in [-0.2, -0.15) is 0 Å². The smallest absolute Gasteiger partial charge is 0.00195 e. The summed E-state index contributed by atoms with van der Waals surface area (Å²) >= 11 is 0. The third-order valence-corrected chi connectivity index (χ3v) is 12.7. The summed E-state index contributed by atoms with van der Waals surface area (Å²) < 4.78 is 0. The molecule has 0 radical (unpaired) electrons. The van der Waals surface area contributed by atoms with Gasteiger partial charge < -0.3 is 0 Å². The van der Waals surface area contributed by atoms with E-state index in [-0.39, 0.29) is 0 Å². The van der Waals surface area contributed by atoms with Gasteiger partial charge in [-0.3, -0.25) is 0 Å². The lowest BCUT2D eigenvalue weighted by molar-refractivity contribution is 1.32. The van der Waals surface area contributed by atoms with Crippen molar-refractivity contribution in [1.82, 2.24) is 0 Å². The van der Waals surface area contributed by atoms with Gasteiger partial charge in [0, 0.05) is 0 Å². The zero-order valence-electron chi connectivity index (χ0n) is 32.4. The lowest BCUT2D eigenvalue weighted by Gasteiger charge is -2.16. The first-order valence-electron chi connectivity index (χ1n) is 19.4. The Morgan fingerprint density at radius 3 is 0.852 bits per heavy atom. The van der Waals surface area contributed by atoms with E-state index in [9.17, 15) is 0 Å². The summed E-state index contributed by atoms with van der Waals surface area (Å²) in [4.78, 5) is 0. The maximum Gasteiger partial charge on any atom is -0.00195 e. The van der Waals surface area contributed by atoms with E-state index in [1.54, 1.807) is 0 Å². The first-order valence-corrected chi connectivity index (χ1v) is 19.4. The summed E-state index contributed by atoms with van der Waals surface area (Å²) in [5, 5.41) is 21.6. The minimum absolute atomic E-state index is 1.30. The summed E-state index contributed by atoms with van der Waals surface area (Å²) in [7, 11) is 0. The highest BCUT2D eigenvalue weighted by molar-refractivity contribution is 6.40. The average molecular weight is 691 g/mol. The molecule has 0 heteroatoms. The van der Waals surface area contributed by atoms with Gasteiger partial charge >= 0.3 is 0 Å². The molecule has 54 heavy (non-hydrogen) atoms. The molecule has 0 aliphatic heterocycles. The van der Waals surface area contributed by atoms with Crippen LogP contribution in [0, 0.1) is 55.4 Å². The summed E-state index contributed by atoms with van der Waals surface area (Å²) in [6.45, 7) is 17.9. The fraction of sp³-hybridized carbons (Fsp3) is 0.148. The predicted molar refractivity (Wildman–Crippen MR) is 238 cm³/mol. The van der Waals surface area contributed by atoms with E-state index < -0.39 is 0 Å². The molecule has 0 saturated carbocycles. The fourth-order valence-corrected chi connectivity index (χ4v) is 10.8. The van der Waals surface area contributed by atoms with Crippen molar-refractivity contribution in [3.63, 3.8) is 0 Å². The van der Waals surface area contributed by atoms with Gasteiger partial charge in [-0.05, 0) is 222 Å². The molecule has 11 aromatic rings. The van der Waals surface area contributed by atoms with Crippen LogP contribution < -0.4 is 0 Å². The van der Waals surface area contributed by atoms with Crippen molar-refractivity contribution in [2.24, 2.45) is 0 Å². The van der Waals surface area contributed by atoms with E-state index in [2.05, 4.69) is 165 Å². The van der Waals surface area contributed by atoms with Crippen LogP contribution in [0.15, 0.2) is 109 Å². The Hall–Kier alpha value is -5.98. The van der Waals surface area contributed by atoms with Crippen LogP contribution >= 0.6 is 0 Å². The SMILES string of the molecule is Cc1cc(C)c(-c2cc3c4ccc5c(cc6c7ccc(C)cc7c7cc(-c8c(C)cc(C)cc8C)cc5c76)c4cc4c5ccc(C)cc5c(c2)c34)c(C)c1. The van der Waals surface area contributed by atoms with Crippen molar-refractivity contribution in [3.8, 4) is 22.3 Å². The molecule has 0 spiro atoms. The van der Waals surface area contributed by atoms with E-state index in [1.807, 2.05) is 0 Å². The maximum atomic E-state index is 2.52. The summed E-state index contributed by atoms with van der Waals surface area (Å²) in [6.07, 6.45) is 0. The molecular formula is C54H42. The number of rotatable bonds is 2. The van der Waals surface area contributed by atoms with Gasteiger partial charge in [0.05, 0.1) is 0 Å². The molecule has 0 unspecified atom stereocenters. The maximum absolute atomic E-state index is 2.52. The molecular weight excluding hydrogens is 649 g/mol. The Bertz CT molecular complexity index is 3170. The average Bonchev–Trinajstić information content (AvgIpc) is 3.59. The fourth-order valence-electron chi connectivity index (χ4n) is 10.8. The van der Waals surface area contributed by atoms with Crippen LogP contribution in [0.5, 0.6) is 0 Å². The molecule has 0 atom stereocenters. The van der Waals surface area contributed by atoms with E-state index in [1.165, 1.54) is 153 Å². The highest BCUT2D eigenvalue weighted by atomic mass is 14.2. The third kappa shape index (κ3) is 4.20. The normalized spacial score (nSPS) is 12.4. The Balaban J connectivity index is 1.34. The molecule has 0 saturated heterocycles. The Morgan fingerprint density at radius 1 is 0.222 bits per heavy atom. The van der Waals surface area contributed by atoms with Crippen molar-refractivity contribution in [1.29, 1.82) is 0 Å². The largest absolute Gasteiger partial charge is 0.0587 e. The van der Waals surface area contributed by atoms with Crippen LogP contribution in [-0.2, 0) is 0 Å². The van der Waals surface area contributed by atoms with Gasteiger partial charge in [0.2, 0.25) is 0 Å². The minimum Gasteiger partial charge on any atom is -0.0587 e.